The molecule has 0 amide bonds. The molecule has 2 saturated heterocycles. The van der Waals surface area contributed by atoms with E-state index in [-0.39, 0.29) is 0 Å². The third kappa shape index (κ3) is 5.06. The van der Waals surface area contributed by atoms with Gasteiger partial charge < -0.3 is 4.90 Å². The van der Waals surface area contributed by atoms with Crippen LogP contribution in [0, 0.1) is 0 Å². The summed E-state index contributed by atoms with van der Waals surface area (Å²) in [7, 11) is 2.17. The molecule has 5 nitrogen and oxygen atoms in total. The highest BCUT2D eigenvalue weighted by molar-refractivity contribution is 8.14. The molecule has 146 valence electrons. The van der Waals surface area contributed by atoms with Gasteiger partial charge in [0.1, 0.15) is 0 Å². The highest BCUT2D eigenvalue weighted by Gasteiger charge is 2.41. The molecule has 2 bridgehead atoms. The number of fused-ring (bicyclic) bond motifs is 2. The Morgan fingerprint density at radius 1 is 1.19 bits per heavy atom. The average molecular weight is 396 g/mol. The summed E-state index contributed by atoms with van der Waals surface area (Å²) in [5.41, 5.74) is 1.25. The SMILES string of the molecule is CSCSN(C)CCCc1cnc(N2C3CCC2CN(C(C)C)C3)nc1. The van der Waals surface area contributed by atoms with Gasteiger partial charge in [-0.05, 0) is 58.4 Å². The van der Waals surface area contributed by atoms with Gasteiger partial charge in [-0.25, -0.2) is 9.97 Å². The second kappa shape index (κ2) is 9.62. The number of likely N-dealkylation sites (tertiary alicyclic amines) is 1. The van der Waals surface area contributed by atoms with Crippen LogP contribution in [-0.2, 0) is 6.42 Å². The molecule has 3 heterocycles. The fraction of sp³-hybridized carbons (Fsp3) is 0.789. The van der Waals surface area contributed by atoms with Crippen molar-refractivity contribution in [2.45, 2.75) is 57.7 Å². The Morgan fingerprint density at radius 3 is 2.42 bits per heavy atom. The van der Waals surface area contributed by atoms with Gasteiger partial charge in [0, 0.05) is 50.2 Å². The van der Waals surface area contributed by atoms with Crippen LogP contribution in [0.4, 0.5) is 5.95 Å². The minimum Gasteiger partial charge on any atom is -0.332 e. The predicted molar refractivity (Wildman–Crippen MR) is 115 cm³/mol. The molecule has 1 aromatic heterocycles. The molecule has 26 heavy (non-hydrogen) atoms. The molecule has 1 aromatic rings. The van der Waals surface area contributed by atoms with Crippen LogP contribution < -0.4 is 4.90 Å². The standard InChI is InChI=1S/C19H33N5S2/c1-15(2)23-12-17-7-8-18(13-23)24(17)19-20-10-16(11-21-19)6-5-9-22(3)26-14-25-4/h10-11,15,17-18H,5-9,12-14H2,1-4H3. The largest absolute Gasteiger partial charge is 0.332 e. The van der Waals surface area contributed by atoms with Crippen molar-refractivity contribution in [3.8, 4) is 0 Å². The molecule has 0 aromatic carbocycles. The number of hydrogen-bond acceptors (Lipinski definition) is 7. The van der Waals surface area contributed by atoms with E-state index in [9.17, 15) is 0 Å². The molecular weight excluding hydrogens is 362 g/mol. The second-order valence-corrected chi connectivity index (χ2v) is 10.1. The van der Waals surface area contributed by atoms with E-state index in [4.69, 9.17) is 9.97 Å². The van der Waals surface area contributed by atoms with Crippen molar-refractivity contribution in [3.63, 3.8) is 0 Å². The molecule has 3 rings (SSSR count). The monoisotopic (exact) mass is 395 g/mol. The average Bonchev–Trinajstić information content (AvgIpc) is 2.89. The number of aromatic nitrogens is 2. The summed E-state index contributed by atoms with van der Waals surface area (Å²) in [5.74, 6) is 0.942. The highest BCUT2D eigenvalue weighted by Crippen LogP contribution is 2.33. The first kappa shape index (κ1) is 20.2. The van der Waals surface area contributed by atoms with E-state index in [0.29, 0.717) is 18.1 Å². The van der Waals surface area contributed by atoms with Gasteiger partial charge in [0.2, 0.25) is 5.95 Å². The topological polar surface area (TPSA) is 35.5 Å². The lowest BCUT2D eigenvalue weighted by Crippen LogP contribution is -2.56. The zero-order chi connectivity index (χ0) is 18.5. The summed E-state index contributed by atoms with van der Waals surface area (Å²) < 4.78 is 2.33. The first-order valence-electron chi connectivity index (χ1n) is 9.74. The summed E-state index contributed by atoms with van der Waals surface area (Å²) >= 11 is 3.77. The molecule has 2 aliphatic rings. The number of rotatable bonds is 9. The molecule has 2 atom stereocenters. The Labute approximate surface area is 167 Å². The molecule has 2 unspecified atom stereocenters. The zero-order valence-corrected chi connectivity index (χ0v) is 18.2. The van der Waals surface area contributed by atoms with E-state index >= 15 is 0 Å². The molecule has 2 fully saturated rings. The van der Waals surface area contributed by atoms with Crippen LogP contribution >= 0.6 is 23.7 Å². The quantitative estimate of drug-likeness (QED) is 0.468. The van der Waals surface area contributed by atoms with Crippen LogP contribution in [0.2, 0.25) is 0 Å². The Morgan fingerprint density at radius 2 is 1.85 bits per heavy atom. The predicted octanol–water partition coefficient (Wildman–Crippen LogP) is 3.37. The van der Waals surface area contributed by atoms with Gasteiger partial charge in [-0.15, -0.1) is 0 Å². The first-order valence-corrected chi connectivity index (χ1v) is 12.1. The van der Waals surface area contributed by atoms with E-state index in [1.807, 2.05) is 36.1 Å². The van der Waals surface area contributed by atoms with E-state index in [0.717, 1.165) is 43.5 Å². The summed E-state index contributed by atoms with van der Waals surface area (Å²) in [6.45, 7) is 8.02. The highest BCUT2D eigenvalue weighted by atomic mass is 32.2. The number of nitrogens with zero attached hydrogens (tertiary/aromatic N) is 5. The van der Waals surface area contributed by atoms with Crippen LogP contribution in [-0.4, -0.2) is 75.3 Å². The molecule has 0 saturated carbocycles. The van der Waals surface area contributed by atoms with Gasteiger partial charge in [-0.1, -0.05) is 11.9 Å². The number of hydrogen-bond donors (Lipinski definition) is 0. The molecule has 2 aliphatic heterocycles. The Hall–Kier alpha value is -0.500. The van der Waals surface area contributed by atoms with Crippen molar-refractivity contribution in [3.05, 3.63) is 18.0 Å². The Bertz CT molecular complexity index is 539. The van der Waals surface area contributed by atoms with Gasteiger partial charge in [-0.2, -0.15) is 11.8 Å². The van der Waals surface area contributed by atoms with Crippen molar-refractivity contribution in [2.24, 2.45) is 0 Å². The first-order chi connectivity index (χ1) is 12.6. The van der Waals surface area contributed by atoms with E-state index < -0.39 is 0 Å². The lowest BCUT2D eigenvalue weighted by molar-refractivity contribution is 0.176. The van der Waals surface area contributed by atoms with Crippen LogP contribution in [0.1, 0.15) is 38.7 Å². The minimum atomic E-state index is 0.587. The van der Waals surface area contributed by atoms with Gasteiger partial charge in [0.05, 0.1) is 5.08 Å². The number of piperazine rings is 1. The third-order valence-corrected chi connectivity index (χ3v) is 7.48. The van der Waals surface area contributed by atoms with E-state index in [1.54, 1.807) is 0 Å². The summed E-state index contributed by atoms with van der Waals surface area (Å²) in [5, 5.41) is 1.13. The summed E-state index contributed by atoms with van der Waals surface area (Å²) in [6.07, 6.45) is 11.0. The van der Waals surface area contributed by atoms with Gasteiger partial charge >= 0.3 is 0 Å². The fourth-order valence-electron chi connectivity index (χ4n) is 4.01. The smallest absolute Gasteiger partial charge is 0.225 e. The maximum atomic E-state index is 4.73. The van der Waals surface area contributed by atoms with Gasteiger partial charge in [0.25, 0.3) is 0 Å². The van der Waals surface area contributed by atoms with Crippen LogP contribution in [0.5, 0.6) is 0 Å². The normalized spacial score (nSPS) is 23.4. The van der Waals surface area contributed by atoms with Crippen LogP contribution in [0.15, 0.2) is 12.4 Å². The van der Waals surface area contributed by atoms with Crippen LogP contribution in [0.3, 0.4) is 0 Å². The van der Waals surface area contributed by atoms with Gasteiger partial charge in [-0.3, -0.25) is 9.21 Å². The summed E-state index contributed by atoms with van der Waals surface area (Å²) in [6, 6.07) is 1.81. The van der Waals surface area contributed by atoms with Crippen molar-refractivity contribution in [1.82, 2.24) is 19.2 Å². The third-order valence-electron chi connectivity index (χ3n) is 5.49. The molecule has 0 aliphatic carbocycles. The lowest BCUT2D eigenvalue weighted by atomic mass is 10.1. The molecular formula is C19H33N5S2. The molecule has 0 spiro atoms. The Kier molecular flexibility index (Phi) is 7.49. The minimum absolute atomic E-state index is 0.587. The van der Waals surface area contributed by atoms with Crippen molar-refractivity contribution < 1.29 is 0 Å². The molecule has 0 N–H and O–H groups in total. The zero-order valence-electron chi connectivity index (χ0n) is 16.6. The van der Waals surface area contributed by atoms with Crippen molar-refractivity contribution in [2.75, 3.05) is 42.9 Å². The van der Waals surface area contributed by atoms with E-state index in [1.165, 1.54) is 18.4 Å². The lowest BCUT2D eigenvalue weighted by Gasteiger charge is -2.42. The fourth-order valence-corrected chi connectivity index (χ4v) is 5.41. The number of anilines is 1. The van der Waals surface area contributed by atoms with Crippen LogP contribution in [0.25, 0.3) is 0 Å². The second-order valence-electron chi connectivity index (χ2n) is 7.72. The molecule has 7 heteroatoms. The maximum Gasteiger partial charge on any atom is 0.225 e. The van der Waals surface area contributed by atoms with Crippen molar-refractivity contribution in [1.29, 1.82) is 0 Å². The van der Waals surface area contributed by atoms with Crippen molar-refractivity contribution >= 4 is 29.7 Å². The molecule has 0 radical (unpaired) electrons. The van der Waals surface area contributed by atoms with E-state index in [2.05, 4.69) is 41.3 Å². The summed E-state index contributed by atoms with van der Waals surface area (Å²) in [4.78, 5) is 14.6. The number of thioether (sulfide) groups is 1. The Balaban J connectivity index is 1.51. The number of aryl methyl sites for hydroxylation is 1. The van der Waals surface area contributed by atoms with Gasteiger partial charge in [0.15, 0.2) is 0 Å². The maximum absolute atomic E-state index is 4.73.